The standard InChI is InChI=1S/C12H18N2O2/c1-12(11(15)16,14-9-5-8-13)10-6-3-2-4-7-10/h2-4,6-7,14H,5,8-9,13H2,1H3,(H,15,16). The van der Waals surface area contributed by atoms with Gasteiger partial charge in [-0.3, -0.25) is 5.32 Å². The maximum atomic E-state index is 11.3. The molecular weight excluding hydrogens is 204 g/mol. The first-order valence-corrected chi connectivity index (χ1v) is 5.35. The number of nitrogens with one attached hydrogen (secondary N) is 1. The average Bonchev–Trinajstić information content (AvgIpc) is 2.30. The predicted octanol–water partition coefficient (Wildman–Crippen LogP) is 0.925. The van der Waals surface area contributed by atoms with Gasteiger partial charge in [0.25, 0.3) is 0 Å². The molecule has 0 bridgehead atoms. The lowest BCUT2D eigenvalue weighted by Gasteiger charge is -2.26. The van der Waals surface area contributed by atoms with Crippen molar-refractivity contribution in [3.63, 3.8) is 0 Å². The zero-order valence-electron chi connectivity index (χ0n) is 9.44. The predicted molar refractivity (Wildman–Crippen MR) is 63.1 cm³/mol. The van der Waals surface area contributed by atoms with Crippen LogP contribution in [0.1, 0.15) is 18.9 Å². The fraction of sp³-hybridized carbons (Fsp3) is 0.417. The first-order chi connectivity index (χ1) is 7.61. The number of aliphatic carboxylic acids is 1. The summed E-state index contributed by atoms with van der Waals surface area (Å²) in [5.41, 5.74) is 5.09. The van der Waals surface area contributed by atoms with Gasteiger partial charge in [-0.15, -0.1) is 0 Å². The third-order valence-corrected chi connectivity index (χ3v) is 2.64. The normalized spacial score (nSPS) is 14.4. The number of hydrogen-bond acceptors (Lipinski definition) is 3. The fourth-order valence-corrected chi connectivity index (χ4v) is 1.51. The molecular formula is C12H18N2O2. The van der Waals surface area contributed by atoms with E-state index in [1.165, 1.54) is 0 Å². The Kier molecular flexibility index (Phi) is 4.46. The van der Waals surface area contributed by atoms with E-state index in [9.17, 15) is 9.90 Å². The SMILES string of the molecule is CC(NCCCN)(C(=O)O)c1ccccc1. The maximum Gasteiger partial charge on any atom is 0.328 e. The highest BCUT2D eigenvalue weighted by atomic mass is 16.4. The first-order valence-electron chi connectivity index (χ1n) is 5.35. The molecule has 0 spiro atoms. The molecule has 1 rings (SSSR count). The number of carboxylic acids is 1. The lowest BCUT2D eigenvalue weighted by molar-refractivity contribution is -0.144. The van der Waals surface area contributed by atoms with Gasteiger partial charge in [-0.2, -0.15) is 0 Å². The van der Waals surface area contributed by atoms with Crippen molar-refractivity contribution in [1.29, 1.82) is 0 Å². The van der Waals surface area contributed by atoms with Gasteiger partial charge in [0.1, 0.15) is 5.54 Å². The molecule has 1 unspecified atom stereocenters. The quantitative estimate of drug-likeness (QED) is 0.626. The second kappa shape index (κ2) is 5.63. The van der Waals surface area contributed by atoms with E-state index in [2.05, 4.69) is 5.32 Å². The van der Waals surface area contributed by atoms with Crippen LogP contribution in [0.5, 0.6) is 0 Å². The molecule has 0 aliphatic carbocycles. The summed E-state index contributed by atoms with van der Waals surface area (Å²) in [6, 6.07) is 9.15. The van der Waals surface area contributed by atoms with Crippen LogP contribution in [0.3, 0.4) is 0 Å². The number of carbonyl (C=O) groups is 1. The zero-order valence-corrected chi connectivity index (χ0v) is 9.44. The summed E-state index contributed by atoms with van der Waals surface area (Å²) in [4.78, 5) is 11.3. The number of benzene rings is 1. The van der Waals surface area contributed by atoms with Crippen molar-refractivity contribution in [1.82, 2.24) is 5.32 Å². The lowest BCUT2D eigenvalue weighted by atomic mass is 9.92. The van der Waals surface area contributed by atoms with Crippen LogP contribution in [0.2, 0.25) is 0 Å². The Morgan fingerprint density at radius 2 is 2.06 bits per heavy atom. The second-order valence-corrected chi connectivity index (χ2v) is 3.87. The maximum absolute atomic E-state index is 11.3. The van der Waals surface area contributed by atoms with E-state index in [1.54, 1.807) is 6.92 Å². The highest BCUT2D eigenvalue weighted by Gasteiger charge is 2.33. The number of rotatable bonds is 6. The van der Waals surface area contributed by atoms with Crippen LogP contribution < -0.4 is 11.1 Å². The summed E-state index contributed by atoms with van der Waals surface area (Å²) in [7, 11) is 0. The van der Waals surface area contributed by atoms with Crippen LogP contribution in [0, 0.1) is 0 Å². The Morgan fingerprint density at radius 3 is 2.56 bits per heavy atom. The van der Waals surface area contributed by atoms with Gasteiger partial charge in [-0.05, 0) is 32.0 Å². The topological polar surface area (TPSA) is 75.3 Å². The van der Waals surface area contributed by atoms with Crippen LogP contribution in [0.4, 0.5) is 0 Å². The van der Waals surface area contributed by atoms with E-state index in [0.717, 1.165) is 12.0 Å². The summed E-state index contributed by atoms with van der Waals surface area (Å²) in [5.74, 6) is -0.879. The van der Waals surface area contributed by atoms with Crippen LogP contribution in [0.25, 0.3) is 0 Å². The molecule has 4 nitrogen and oxygen atoms in total. The van der Waals surface area contributed by atoms with E-state index >= 15 is 0 Å². The van der Waals surface area contributed by atoms with Crippen LogP contribution in [-0.4, -0.2) is 24.2 Å². The van der Waals surface area contributed by atoms with Gasteiger partial charge >= 0.3 is 5.97 Å². The van der Waals surface area contributed by atoms with Gasteiger partial charge in [-0.25, -0.2) is 4.79 Å². The van der Waals surface area contributed by atoms with Crippen molar-refractivity contribution in [2.75, 3.05) is 13.1 Å². The molecule has 88 valence electrons. The Morgan fingerprint density at radius 1 is 1.44 bits per heavy atom. The summed E-state index contributed by atoms with van der Waals surface area (Å²) >= 11 is 0. The van der Waals surface area contributed by atoms with E-state index < -0.39 is 11.5 Å². The molecule has 0 heterocycles. The third kappa shape index (κ3) is 2.81. The fourth-order valence-electron chi connectivity index (χ4n) is 1.51. The molecule has 0 fully saturated rings. The van der Waals surface area contributed by atoms with Gasteiger partial charge in [0.2, 0.25) is 0 Å². The molecule has 0 aliphatic heterocycles. The van der Waals surface area contributed by atoms with E-state index in [4.69, 9.17) is 5.73 Å². The molecule has 0 radical (unpaired) electrons. The van der Waals surface area contributed by atoms with Crippen LogP contribution in [0.15, 0.2) is 30.3 Å². The highest BCUT2D eigenvalue weighted by Crippen LogP contribution is 2.20. The van der Waals surface area contributed by atoms with Gasteiger partial charge in [-0.1, -0.05) is 30.3 Å². The average molecular weight is 222 g/mol. The molecule has 0 saturated carbocycles. The first kappa shape index (κ1) is 12.7. The van der Waals surface area contributed by atoms with Crippen molar-refractivity contribution in [3.8, 4) is 0 Å². The molecule has 1 aromatic rings. The number of nitrogens with two attached hydrogens (primary N) is 1. The molecule has 0 aliphatic rings. The summed E-state index contributed by atoms with van der Waals surface area (Å²) in [6.45, 7) is 2.81. The molecule has 0 aromatic heterocycles. The largest absolute Gasteiger partial charge is 0.480 e. The molecule has 0 amide bonds. The Hall–Kier alpha value is -1.39. The second-order valence-electron chi connectivity index (χ2n) is 3.87. The minimum atomic E-state index is -1.05. The monoisotopic (exact) mass is 222 g/mol. The van der Waals surface area contributed by atoms with Gasteiger partial charge in [0.05, 0.1) is 0 Å². The highest BCUT2D eigenvalue weighted by molar-refractivity contribution is 5.80. The molecule has 4 N–H and O–H groups in total. The third-order valence-electron chi connectivity index (χ3n) is 2.64. The Labute approximate surface area is 95.5 Å². The van der Waals surface area contributed by atoms with Gasteiger partial charge in [0.15, 0.2) is 0 Å². The Balaban J connectivity index is 2.85. The number of hydrogen-bond donors (Lipinski definition) is 3. The van der Waals surface area contributed by atoms with Gasteiger partial charge in [0, 0.05) is 0 Å². The minimum absolute atomic E-state index is 0.553. The zero-order chi connectivity index (χ0) is 12.0. The van der Waals surface area contributed by atoms with Crippen LogP contribution in [-0.2, 0) is 10.3 Å². The van der Waals surface area contributed by atoms with Crippen molar-refractivity contribution < 1.29 is 9.90 Å². The molecule has 0 saturated heterocycles. The van der Waals surface area contributed by atoms with E-state index in [0.29, 0.717) is 13.1 Å². The van der Waals surface area contributed by atoms with Gasteiger partial charge < -0.3 is 10.8 Å². The minimum Gasteiger partial charge on any atom is -0.480 e. The van der Waals surface area contributed by atoms with Crippen molar-refractivity contribution in [2.24, 2.45) is 5.73 Å². The molecule has 1 aromatic carbocycles. The molecule has 1 atom stereocenters. The Bertz CT molecular complexity index is 340. The summed E-state index contributed by atoms with van der Waals surface area (Å²) in [6.07, 6.45) is 0.760. The van der Waals surface area contributed by atoms with E-state index in [1.807, 2.05) is 30.3 Å². The molecule has 16 heavy (non-hydrogen) atoms. The van der Waals surface area contributed by atoms with Crippen LogP contribution >= 0.6 is 0 Å². The summed E-state index contributed by atoms with van der Waals surface area (Å²) < 4.78 is 0. The smallest absolute Gasteiger partial charge is 0.328 e. The molecule has 4 heteroatoms. The van der Waals surface area contributed by atoms with E-state index in [-0.39, 0.29) is 0 Å². The number of carboxylic acid groups (broad SMARTS) is 1. The van der Waals surface area contributed by atoms with Crippen molar-refractivity contribution in [2.45, 2.75) is 18.9 Å². The van der Waals surface area contributed by atoms with Crippen molar-refractivity contribution >= 4 is 5.97 Å². The lowest BCUT2D eigenvalue weighted by Crippen LogP contribution is -2.47. The van der Waals surface area contributed by atoms with Crippen molar-refractivity contribution in [3.05, 3.63) is 35.9 Å². The summed E-state index contributed by atoms with van der Waals surface area (Å²) in [5, 5.41) is 12.3.